The van der Waals surface area contributed by atoms with E-state index in [1.54, 1.807) is 6.20 Å². The van der Waals surface area contributed by atoms with Crippen molar-refractivity contribution < 1.29 is 4.74 Å². The second-order valence-corrected chi connectivity index (χ2v) is 6.31. The van der Waals surface area contributed by atoms with Crippen molar-refractivity contribution in [2.45, 2.75) is 45.3 Å². The van der Waals surface area contributed by atoms with Gasteiger partial charge in [-0.2, -0.15) is 4.98 Å². The molecule has 2 N–H and O–H groups in total. The Labute approximate surface area is 120 Å². The van der Waals surface area contributed by atoms with Gasteiger partial charge in [0.25, 0.3) is 0 Å². The van der Waals surface area contributed by atoms with Crippen molar-refractivity contribution >= 4 is 5.82 Å². The first-order valence-corrected chi connectivity index (χ1v) is 7.62. The summed E-state index contributed by atoms with van der Waals surface area (Å²) in [4.78, 5) is 11.2. The summed E-state index contributed by atoms with van der Waals surface area (Å²) in [5.74, 6) is 2.86. The van der Waals surface area contributed by atoms with Gasteiger partial charge in [-0.3, -0.25) is 4.98 Å². The quantitative estimate of drug-likeness (QED) is 0.912. The van der Waals surface area contributed by atoms with E-state index >= 15 is 0 Å². The van der Waals surface area contributed by atoms with E-state index in [0.717, 1.165) is 31.2 Å². The van der Waals surface area contributed by atoms with Gasteiger partial charge in [0.1, 0.15) is 0 Å². The number of anilines is 1. The number of ether oxygens (including phenoxy) is 1. The van der Waals surface area contributed by atoms with Crippen LogP contribution < -0.4 is 15.4 Å². The maximum absolute atomic E-state index is 6.27. The summed E-state index contributed by atoms with van der Waals surface area (Å²) in [6, 6.07) is 0.349. The van der Waals surface area contributed by atoms with E-state index in [-0.39, 0.29) is 6.10 Å². The molecular weight excluding hydrogens is 252 g/mol. The Morgan fingerprint density at radius 1 is 1.30 bits per heavy atom. The zero-order valence-corrected chi connectivity index (χ0v) is 12.3. The highest BCUT2D eigenvalue weighted by Gasteiger charge is 2.39. The Kier molecular flexibility index (Phi) is 3.78. The van der Waals surface area contributed by atoms with Gasteiger partial charge < -0.3 is 15.4 Å². The van der Waals surface area contributed by atoms with Crippen LogP contribution in [0.1, 0.15) is 33.1 Å². The Morgan fingerprint density at radius 2 is 2.15 bits per heavy atom. The zero-order valence-electron chi connectivity index (χ0n) is 12.3. The number of nitrogens with two attached hydrogens (primary N) is 1. The molecule has 2 aliphatic rings. The summed E-state index contributed by atoms with van der Waals surface area (Å²) < 4.78 is 5.63. The van der Waals surface area contributed by atoms with Gasteiger partial charge in [0, 0.05) is 19.1 Å². The molecule has 1 aliphatic heterocycles. The summed E-state index contributed by atoms with van der Waals surface area (Å²) in [5, 5.41) is 0. The molecule has 3 rings (SSSR count). The molecule has 0 bridgehead atoms. The minimum absolute atomic E-state index is 0.120. The standard InChI is InChI=1S/C15H24N4O/c1-10(2)20-15-7-17-6-14(18-15)19-8-11-4-3-5-13(16)12(11)9-19/h6-7,10-13H,3-5,8-9,16H2,1-2H3. The highest BCUT2D eigenvalue weighted by Crippen LogP contribution is 2.37. The first-order chi connectivity index (χ1) is 9.63. The minimum Gasteiger partial charge on any atom is -0.474 e. The average Bonchev–Trinajstić information content (AvgIpc) is 2.84. The third-order valence-electron chi connectivity index (χ3n) is 4.43. The van der Waals surface area contributed by atoms with Crippen LogP contribution in [0.3, 0.4) is 0 Å². The van der Waals surface area contributed by atoms with Crippen LogP contribution in [0, 0.1) is 11.8 Å². The summed E-state index contributed by atoms with van der Waals surface area (Å²) in [6.45, 7) is 6.05. The van der Waals surface area contributed by atoms with Crippen LogP contribution in [-0.4, -0.2) is 35.2 Å². The molecule has 5 nitrogen and oxygen atoms in total. The van der Waals surface area contributed by atoms with Crippen molar-refractivity contribution in [1.29, 1.82) is 0 Å². The van der Waals surface area contributed by atoms with E-state index in [1.807, 2.05) is 20.0 Å². The lowest BCUT2D eigenvalue weighted by Crippen LogP contribution is -2.38. The topological polar surface area (TPSA) is 64.3 Å². The summed E-state index contributed by atoms with van der Waals surface area (Å²) in [7, 11) is 0. The van der Waals surface area contributed by atoms with E-state index in [0.29, 0.717) is 17.8 Å². The van der Waals surface area contributed by atoms with E-state index in [4.69, 9.17) is 10.5 Å². The number of aromatic nitrogens is 2. The molecule has 5 heteroatoms. The van der Waals surface area contributed by atoms with Crippen LogP contribution in [0.15, 0.2) is 12.4 Å². The predicted octanol–water partition coefficient (Wildman–Crippen LogP) is 1.83. The van der Waals surface area contributed by atoms with E-state index < -0.39 is 0 Å². The lowest BCUT2D eigenvalue weighted by Gasteiger charge is -2.29. The Bertz CT molecular complexity index is 465. The molecule has 0 amide bonds. The van der Waals surface area contributed by atoms with Gasteiger partial charge >= 0.3 is 0 Å². The van der Waals surface area contributed by atoms with Gasteiger partial charge in [0.15, 0.2) is 5.82 Å². The second-order valence-electron chi connectivity index (χ2n) is 6.31. The first-order valence-electron chi connectivity index (χ1n) is 7.62. The molecule has 0 aromatic carbocycles. The van der Waals surface area contributed by atoms with Crippen LogP contribution in [0.25, 0.3) is 0 Å². The molecule has 2 heterocycles. The molecule has 1 aromatic rings. The summed E-state index contributed by atoms with van der Waals surface area (Å²) in [6.07, 6.45) is 7.35. The molecule has 0 radical (unpaired) electrons. The lowest BCUT2D eigenvalue weighted by atomic mass is 9.78. The second kappa shape index (κ2) is 5.56. The fourth-order valence-corrected chi connectivity index (χ4v) is 3.49. The molecule has 3 atom stereocenters. The third kappa shape index (κ3) is 2.73. The summed E-state index contributed by atoms with van der Waals surface area (Å²) in [5.41, 5.74) is 6.27. The number of nitrogens with zero attached hydrogens (tertiary/aromatic N) is 3. The SMILES string of the molecule is CC(C)Oc1cncc(N2CC3CCCC(N)C3C2)n1. The van der Waals surface area contributed by atoms with Crippen molar-refractivity contribution in [1.82, 2.24) is 9.97 Å². The van der Waals surface area contributed by atoms with Crippen LogP contribution in [0.2, 0.25) is 0 Å². The fourth-order valence-electron chi connectivity index (χ4n) is 3.49. The van der Waals surface area contributed by atoms with E-state index in [2.05, 4.69) is 14.9 Å². The van der Waals surface area contributed by atoms with Crippen molar-refractivity contribution in [2.75, 3.05) is 18.0 Å². The van der Waals surface area contributed by atoms with Crippen LogP contribution in [0.5, 0.6) is 5.88 Å². The largest absolute Gasteiger partial charge is 0.474 e. The van der Waals surface area contributed by atoms with Crippen molar-refractivity contribution in [3.63, 3.8) is 0 Å². The monoisotopic (exact) mass is 276 g/mol. The normalized spacial score (nSPS) is 29.6. The molecule has 2 fully saturated rings. The van der Waals surface area contributed by atoms with Gasteiger partial charge in [-0.15, -0.1) is 0 Å². The minimum atomic E-state index is 0.120. The Balaban J connectivity index is 1.74. The molecule has 1 saturated heterocycles. The molecule has 1 saturated carbocycles. The smallest absolute Gasteiger partial charge is 0.234 e. The van der Waals surface area contributed by atoms with Crippen molar-refractivity contribution in [3.8, 4) is 5.88 Å². The molecule has 3 unspecified atom stereocenters. The zero-order chi connectivity index (χ0) is 14.1. The Hall–Kier alpha value is -1.36. The van der Waals surface area contributed by atoms with E-state index in [1.165, 1.54) is 12.8 Å². The number of hydrogen-bond acceptors (Lipinski definition) is 5. The van der Waals surface area contributed by atoms with Crippen LogP contribution in [0.4, 0.5) is 5.82 Å². The number of fused-ring (bicyclic) bond motifs is 1. The molecule has 0 spiro atoms. The lowest BCUT2D eigenvalue weighted by molar-refractivity contribution is 0.231. The van der Waals surface area contributed by atoms with Gasteiger partial charge in [0.05, 0.1) is 18.5 Å². The highest BCUT2D eigenvalue weighted by molar-refractivity contribution is 5.39. The molecule has 1 aromatic heterocycles. The molecular formula is C15H24N4O. The number of rotatable bonds is 3. The Morgan fingerprint density at radius 3 is 2.90 bits per heavy atom. The van der Waals surface area contributed by atoms with Gasteiger partial charge in [-0.25, -0.2) is 0 Å². The molecule has 20 heavy (non-hydrogen) atoms. The van der Waals surface area contributed by atoms with Gasteiger partial charge in [-0.1, -0.05) is 6.42 Å². The van der Waals surface area contributed by atoms with Crippen LogP contribution in [-0.2, 0) is 0 Å². The summed E-state index contributed by atoms with van der Waals surface area (Å²) >= 11 is 0. The number of hydrogen-bond donors (Lipinski definition) is 1. The maximum Gasteiger partial charge on any atom is 0.234 e. The highest BCUT2D eigenvalue weighted by atomic mass is 16.5. The van der Waals surface area contributed by atoms with Crippen molar-refractivity contribution in [3.05, 3.63) is 12.4 Å². The first kappa shape index (κ1) is 13.6. The van der Waals surface area contributed by atoms with Gasteiger partial charge in [-0.05, 0) is 38.5 Å². The van der Waals surface area contributed by atoms with Crippen molar-refractivity contribution in [2.24, 2.45) is 17.6 Å². The van der Waals surface area contributed by atoms with Crippen LogP contribution >= 0.6 is 0 Å². The third-order valence-corrected chi connectivity index (χ3v) is 4.43. The maximum atomic E-state index is 6.27. The van der Waals surface area contributed by atoms with E-state index in [9.17, 15) is 0 Å². The van der Waals surface area contributed by atoms with Gasteiger partial charge in [0.2, 0.25) is 5.88 Å². The molecule has 110 valence electrons. The predicted molar refractivity (Wildman–Crippen MR) is 78.8 cm³/mol. The fraction of sp³-hybridized carbons (Fsp3) is 0.733. The molecule has 1 aliphatic carbocycles. The average molecular weight is 276 g/mol.